The molecule has 0 aromatic heterocycles. The minimum Gasteiger partial charge on any atom is -0.377 e. The molecule has 5 heteroatoms. The van der Waals surface area contributed by atoms with Crippen molar-refractivity contribution < 1.29 is 9.53 Å². The van der Waals surface area contributed by atoms with Crippen LogP contribution < -0.4 is 10.6 Å². The molecule has 2 amide bonds. The van der Waals surface area contributed by atoms with Crippen molar-refractivity contribution in [2.75, 3.05) is 32.1 Å². The van der Waals surface area contributed by atoms with Crippen molar-refractivity contribution in [1.29, 1.82) is 0 Å². The summed E-state index contributed by atoms with van der Waals surface area (Å²) in [7, 11) is 1.93. The first-order valence-corrected chi connectivity index (χ1v) is 7.55. The summed E-state index contributed by atoms with van der Waals surface area (Å²) in [5.41, 5.74) is 2.03. The van der Waals surface area contributed by atoms with Gasteiger partial charge in [-0.3, -0.25) is 0 Å². The predicted molar refractivity (Wildman–Crippen MR) is 84.5 cm³/mol. The monoisotopic (exact) mass is 291 g/mol. The molecule has 1 aliphatic heterocycles. The first kappa shape index (κ1) is 15.8. The van der Waals surface area contributed by atoms with Gasteiger partial charge in [0.05, 0.1) is 6.10 Å². The van der Waals surface area contributed by atoms with E-state index in [0.717, 1.165) is 25.3 Å². The predicted octanol–water partition coefficient (Wildman–Crippen LogP) is 2.61. The SMILES string of the molecule is CNC(C)c1ccc(NC(=O)N2CCCOC(C)C2)cc1. The van der Waals surface area contributed by atoms with E-state index in [1.807, 2.05) is 43.1 Å². The molecule has 116 valence electrons. The number of rotatable bonds is 3. The summed E-state index contributed by atoms with van der Waals surface area (Å²) in [6.07, 6.45) is 0.980. The zero-order chi connectivity index (χ0) is 15.2. The summed E-state index contributed by atoms with van der Waals surface area (Å²) in [6, 6.07) is 8.20. The Morgan fingerprint density at radius 3 is 2.76 bits per heavy atom. The summed E-state index contributed by atoms with van der Waals surface area (Å²) in [5, 5.41) is 6.15. The van der Waals surface area contributed by atoms with Crippen LogP contribution >= 0.6 is 0 Å². The Morgan fingerprint density at radius 1 is 1.38 bits per heavy atom. The summed E-state index contributed by atoms with van der Waals surface area (Å²) < 4.78 is 5.56. The number of nitrogens with zero attached hydrogens (tertiary/aromatic N) is 1. The van der Waals surface area contributed by atoms with Crippen molar-refractivity contribution in [3.8, 4) is 0 Å². The van der Waals surface area contributed by atoms with E-state index in [-0.39, 0.29) is 12.1 Å². The highest BCUT2D eigenvalue weighted by molar-refractivity contribution is 5.89. The fraction of sp³-hybridized carbons (Fsp3) is 0.562. The standard InChI is InChI=1S/C16H25N3O2/c1-12-11-19(9-4-10-21-12)16(20)18-15-7-5-14(6-8-15)13(2)17-3/h5-8,12-13,17H,4,9-11H2,1-3H3,(H,18,20). The molecule has 21 heavy (non-hydrogen) atoms. The van der Waals surface area contributed by atoms with Crippen molar-refractivity contribution in [3.05, 3.63) is 29.8 Å². The molecule has 1 heterocycles. The van der Waals surface area contributed by atoms with E-state index in [9.17, 15) is 4.79 Å². The zero-order valence-electron chi connectivity index (χ0n) is 13.1. The lowest BCUT2D eigenvalue weighted by molar-refractivity contribution is 0.0718. The molecule has 2 N–H and O–H groups in total. The second kappa shape index (κ2) is 7.43. The smallest absolute Gasteiger partial charge is 0.321 e. The van der Waals surface area contributed by atoms with E-state index in [1.54, 1.807) is 0 Å². The molecule has 1 aliphatic rings. The maximum Gasteiger partial charge on any atom is 0.321 e. The quantitative estimate of drug-likeness (QED) is 0.900. The average Bonchev–Trinajstić information content (AvgIpc) is 2.72. The zero-order valence-corrected chi connectivity index (χ0v) is 13.1. The van der Waals surface area contributed by atoms with Gasteiger partial charge in [0.2, 0.25) is 0 Å². The van der Waals surface area contributed by atoms with Crippen LogP contribution in [0.25, 0.3) is 0 Å². The number of ether oxygens (including phenoxy) is 1. The average molecular weight is 291 g/mol. The van der Waals surface area contributed by atoms with Crippen LogP contribution in [0.4, 0.5) is 10.5 Å². The van der Waals surface area contributed by atoms with Gasteiger partial charge in [-0.1, -0.05) is 12.1 Å². The summed E-state index contributed by atoms with van der Waals surface area (Å²) in [5.74, 6) is 0. The van der Waals surface area contributed by atoms with Gasteiger partial charge in [-0.25, -0.2) is 4.79 Å². The molecule has 1 aromatic rings. The fourth-order valence-electron chi connectivity index (χ4n) is 2.40. The van der Waals surface area contributed by atoms with Crippen molar-refractivity contribution in [1.82, 2.24) is 10.2 Å². The van der Waals surface area contributed by atoms with Crippen LogP contribution in [0.1, 0.15) is 31.9 Å². The number of urea groups is 1. The lowest BCUT2D eigenvalue weighted by Crippen LogP contribution is -2.38. The van der Waals surface area contributed by atoms with Crippen molar-refractivity contribution >= 4 is 11.7 Å². The van der Waals surface area contributed by atoms with E-state index in [0.29, 0.717) is 12.6 Å². The minimum atomic E-state index is -0.0539. The summed E-state index contributed by atoms with van der Waals surface area (Å²) in [4.78, 5) is 14.1. The number of hydrogen-bond acceptors (Lipinski definition) is 3. The van der Waals surface area contributed by atoms with Crippen molar-refractivity contribution in [2.24, 2.45) is 0 Å². The van der Waals surface area contributed by atoms with E-state index >= 15 is 0 Å². The van der Waals surface area contributed by atoms with Gasteiger partial charge in [0.25, 0.3) is 0 Å². The van der Waals surface area contributed by atoms with Crippen LogP contribution in [0.15, 0.2) is 24.3 Å². The largest absolute Gasteiger partial charge is 0.377 e. The molecule has 2 rings (SSSR count). The van der Waals surface area contributed by atoms with Gasteiger partial charge in [-0.2, -0.15) is 0 Å². The van der Waals surface area contributed by atoms with E-state index in [2.05, 4.69) is 17.6 Å². The highest BCUT2D eigenvalue weighted by Crippen LogP contribution is 2.16. The second-order valence-corrected chi connectivity index (χ2v) is 5.54. The number of anilines is 1. The number of nitrogens with one attached hydrogen (secondary N) is 2. The highest BCUT2D eigenvalue weighted by atomic mass is 16.5. The molecule has 1 aromatic carbocycles. The van der Waals surface area contributed by atoms with Gasteiger partial charge in [0.15, 0.2) is 0 Å². The molecule has 1 saturated heterocycles. The normalized spacial score (nSPS) is 20.7. The molecule has 2 atom stereocenters. The third-order valence-corrected chi connectivity index (χ3v) is 3.83. The molecule has 0 radical (unpaired) electrons. The molecular weight excluding hydrogens is 266 g/mol. The number of hydrogen-bond donors (Lipinski definition) is 2. The molecular formula is C16H25N3O2. The molecule has 5 nitrogen and oxygen atoms in total. The Hall–Kier alpha value is -1.59. The van der Waals surface area contributed by atoms with E-state index < -0.39 is 0 Å². The third kappa shape index (κ3) is 4.44. The molecule has 0 saturated carbocycles. The Morgan fingerprint density at radius 2 is 2.10 bits per heavy atom. The topological polar surface area (TPSA) is 53.6 Å². The molecule has 0 bridgehead atoms. The first-order valence-electron chi connectivity index (χ1n) is 7.55. The number of benzene rings is 1. The van der Waals surface area contributed by atoms with Crippen LogP contribution in [0, 0.1) is 0 Å². The van der Waals surface area contributed by atoms with E-state index in [4.69, 9.17) is 4.74 Å². The highest BCUT2D eigenvalue weighted by Gasteiger charge is 2.19. The van der Waals surface area contributed by atoms with Gasteiger partial charge >= 0.3 is 6.03 Å². The lowest BCUT2D eigenvalue weighted by Gasteiger charge is -2.22. The van der Waals surface area contributed by atoms with Gasteiger partial charge < -0.3 is 20.3 Å². The Balaban J connectivity index is 1.95. The molecule has 1 fully saturated rings. The van der Waals surface area contributed by atoms with Gasteiger partial charge in [-0.15, -0.1) is 0 Å². The second-order valence-electron chi connectivity index (χ2n) is 5.54. The van der Waals surface area contributed by atoms with Crippen molar-refractivity contribution in [2.45, 2.75) is 32.4 Å². The Labute approximate surface area is 126 Å². The number of amides is 2. The van der Waals surface area contributed by atoms with Crippen LogP contribution in [0.5, 0.6) is 0 Å². The van der Waals surface area contributed by atoms with Gasteiger partial charge in [0, 0.05) is 31.4 Å². The van der Waals surface area contributed by atoms with Crippen LogP contribution in [-0.4, -0.2) is 43.8 Å². The Kier molecular flexibility index (Phi) is 5.59. The maximum absolute atomic E-state index is 12.3. The molecule has 2 unspecified atom stereocenters. The van der Waals surface area contributed by atoms with Crippen LogP contribution in [0.3, 0.4) is 0 Å². The van der Waals surface area contributed by atoms with Crippen LogP contribution in [-0.2, 0) is 4.74 Å². The van der Waals surface area contributed by atoms with Crippen molar-refractivity contribution in [3.63, 3.8) is 0 Å². The van der Waals surface area contributed by atoms with Gasteiger partial charge in [-0.05, 0) is 45.0 Å². The van der Waals surface area contributed by atoms with E-state index in [1.165, 1.54) is 5.56 Å². The fourth-order valence-corrected chi connectivity index (χ4v) is 2.40. The van der Waals surface area contributed by atoms with Gasteiger partial charge in [0.1, 0.15) is 0 Å². The molecule has 0 spiro atoms. The Bertz CT molecular complexity index is 461. The lowest BCUT2D eigenvalue weighted by atomic mass is 10.1. The minimum absolute atomic E-state index is 0.0539. The number of carbonyl (C=O) groups is 1. The van der Waals surface area contributed by atoms with Crippen LogP contribution in [0.2, 0.25) is 0 Å². The first-order chi connectivity index (χ1) is 10.1. The summed E-state index contributed by atoms with van der Waals surface area (Å²) >= 11 is 0. The maximum atomic E-state index is 12.3. The molecule has 0 aliphatic carbocycles. The third-order valence-electron chi connectivity index (χ3n) is 3.83. The number of carbonyl (C=O) groups excluding carboxylic acids is 1. The summed E-state index contributed by atoms with van der Waals surface area (Å²) in [6.45, 7) is 6.21.